The summed E-state index contributed by atoms with van der Waals surface area (Å²) in [6, 6.07) is 11.4. The number of amides is 1. The normalized spacial score (nSPS) is 15.3. The molecule has 1 fully saturated rings. The lowest BCUT2D eigenvalue weighted by molar-refractivity contribution is -0.380. The van der Waals surface area contributed by atoms with Crippen LogP contribution in [-0.2, 0) is 9.53 Å². The molecule has 0 unspecified atom stereocenters. The zero-order valence-electron chi connectivity index (χ0n) is 14.0. The molecule has 3 rings (SSSR count). The van der Waals surface area contributed by atoms with Gasteiger partial charge in [-0.15, -0.1) is 0 Å². The predicted molar refractivity (Wildman–Crippen MR) is 96.0 cm³/mol. The number of thiophene rings is 1. The summed E-state index contributed by atoms with van der Waals surface area (Å²) in [5.74, 6) is -0.988. The average molecular weight is 374 g/mol. The van der Waals surface area contributed by atoms with E-state index >= 15 is 0 Å². The molecule has 1 aliphatic rings. The number of rotatable bonds is 5. The zero-order valence-corrected chi connectivity index (χ0v) is 14.8. The average Bonchev–Trinajstić information content (AvgIpc) is 3.17. The highest BCUT2D eigenvalue weighted by molar-refractivity contribution is 7.17. The van der Waals surface area contributed by atoms with Gasteiger partial charge in [-0.25, -0.2) is 4.79 Å². The second kappa shape index (κ2) is 8.09. The fourth-order valence-electron chi connectivity index (χ4n) is 2.87. The molecule has 0 bridgehead atoms. The van der Waals surface area contributed by atoms with Gasteiger partial charge in [0.25, 0.3) is 5.91 Å². The lowest BCUT2D eigenvalue weighted by Gasteiger charge is -2.30. The van der Waals surface area contributed by atoms with E-state index in [-0.39, 0.29) is 15.8 Å². The standard InChI is InChI=1S/C18H18N2O5S/c21-17(19-11-5-2-6-12-19)16(13-7-3-1-4-8-13)25-18(22)14-9-10-15(26-14)20(23)24/h1,3-4,7-10,16H,2,5-6,11-12H2/t16-/m0/s1. The molecule has 26 heavy (non-hydrogen) atoms. The molecule has 1 amide bonds. The lowest BCUT2D eigenvalue weighted by atomic mass is 10.1. The van der Waals surface area contributed by atoms with Crippen molar-refractivity contribution in [3.05, 3.63) is 63.0 Å². The van der Waals surface area contributed by atoms with Crippen LogP contribution in [0.25, 0.3) is 0 Å². The van der Waals surface area contributed by atoms with Crippen molar-refractivity contribution < 1.29 is 19.2 Å². The van der Waals surface area contributed by atoms with Crippen LogP contribution in [0.15, 0.2) is 42.5 Å². The molecule has 0 saturated carbocycles. The summed E-state index contributed by atoms with van der Waals surface area (Å²) in [6.07, 6.45) is 1.89. The summed E-state index contributed by atoms with van der Waals surface area (Å²) in [5.41, 5.74) is 0.586. The van der Waals surface area contributed by atoms with E-state index in [9.17, 15) is 19.7 Å². The van der Waals surface area contributed by atoms with Gasteiger partial charge in [0.2, 0.25) is 6.10 Å². The Bertz CT molecular complexity index is 799. The van der Waals surface area contributed by atoms with Crippen molar-refractivity contribution in [3.8, 4) is 0 Å². The first-order valence-electron chi connectivity index (χ1n) is 8.35. The van der Waals surface area contributed by atoms with Gasteiger partial charge in [0.05, 0.1) is 4.92 Å². The molecule has 7 nitrogen and oxygen atoms in total. The molecule has 8 heteroatoms. The minimum atomic E-state index is -1.05. The van der Waals surface area contributed by atoms with E-state index in [2.05, 4.69) is 0 Å². The number of nitro groups is 1. The smallest absolute Gasteiger partial charge is 0.349 e. The van der Waals surface area contributed by atoms with E-state index in [0.29, 0.717) is 18.7 Å². The molecular weight excluding hydrogens is 356 g/mol. The van der Waals surface area contributed by atoms with Crippen molar-refractivity contribution in [1.29, 1.82) is 0 Å². The Morgan fingerprint density at radius 2 is 1.77 bits per heavy atom. The van der Waals surface area contributed by atoms with Crippen molar-refractivity contribution in [1.82, 2.24) is 4.90 Å². The third-order valence-electron chi connectivity index (χ3n) is 4.19. The van der Waals surface area contributed by atoms with Gasteiger partial charge >= 0.3 is 11.0 Å². The van der Waals surface area contributed by atoms with Crippen LogP contribution >= 0.6 is 11.3 Å². The van der Waals surface area contributed by atoms with Crippen LogP contribution in [0.3, 0.4) is 0 Å². The second-order valence-electron chi connectivity index (χ2n) is 5.98. The topological polar surface area (TPSA) is 89.8 Å². The highest BCUT2D eigenvalue weighted by Crippen LogP contribution is 2.28. The van der Waals surface area contributed by atoms with Gasteiger partial charge in [-0.05, 0) is 25.3 Å². The van der Waals surface area contributed by atoms with E-state index in [1.807, 2.05) is 6.07 Å². The van der Waals surface area contributed by atoms with Crippen LogP contribution in [0.1, 0.15) is 40.6 Å². The van der Waals surface area contributed by atoms with Crippen molar-refractivity contribution >= 4 is 28.2 Å². The Morgan fingerprint density at radius 1 is 1.08 bits per heavy atom. The number of benzene rings is 1. The summed E-state index contributed by atoms with van der Waals surface area (Å²) in [7, 11) is 0. The van der Waals surface area contributed by atoms with Crippen molar-refractivity contribution in [2.45, 2.75) is 25.4 Å². The van der Waals surface area contributed by atoms with Gasteiger partial charge in [0.15, 0.2) is 0 Å². The maximum absolute atomic E-state index is 12.9. The van der Waals surface area contributed by atoms with Gasteiger partial charge < -0.3 is 9.64 Å². The Hall–Kier alpha value is -2.74. The molecular formula is C18H18N2O5S. The van der Waals surface area contributed by atoms with E-state index in [0.717, 1.165) is 30.6 Å². The SMILES string of the molecule is O=C(O[C@H](C(=O)N1CCCCC1)c1ccccc1)c1ccc([N+](=O)[O-])s1. The molecule has 1 atom stereocenters. The molecule has 0 aliphatic carbocycles. The number of carbonyl (C=O) groups excluding carboxylic acids is 2. The number of hydrogen-bond acceptors (Lipinski definition) is 6. The van der Waals surface area contributed by atoms with Gasteiger partial charge in [-0.2, -0.15) is 0 Å². The maximum atomic E-state index is 12.9. The molecule has 2 heterocycles. The first kappa shape index (κ1) is 18.1. The van der Waals surface area contributed by atoms with Crippen LogP contribution < -0.4 is 0 Å². The number of esters is 1. The van der Waals surface area contributed by atoms with Crippen LogP contribution in [0.4, 0.5) is 5.00 Å². The summed E-state index contributed by atoms with van der Waals surface area (Å²) < 4.78 is 5.49. The van der Waals surface area contributed by atoms with Crippen molar-refractivity contribution in [2.75, 3.05) is 13.1 Å². The summed E-state index contributed by atoms with van der Waals surface area (Å²) in [4.78, 5) is 37.4. The van der Waals surface area contributed by atoms with E-state index in [1.165, 1.54) is 12.1 Å². The summed E-state index contributed by atoms with van der Waals surface area (Å²) in [5, 5.41) is 10.7. The molecule has 0 N–H and O–H groups in total. The minimum Gasteiger partial charge on any atom is -0.443 e. The first-order valence-corrected chi connectivity index (χ1v) is 9.17. The molecule has 1 aromatic carbocycles. The Kier molecular flexibility index (Phi) is 5.62. The Balaban J connectivity index is 1.82. The molecule has 2 aromatic rings. The van der Waals surface area contributed by atoms with Gasteiger partial charge in [-0.3, -0.25) is 14.9 Å². The molecule has 136 valence electrons. The zero-order chi connectivity index (χ0) is 18.5. The molecule has 1 aliphatic heterocycles. The largest absolute Gasteiger partial charge is 0.443 e. The third kappa shape index (κ3) is 4.08. The van der Waals surface area contributed by atoms with Gasteiger partial charge in [0, 0.05) is 24.7 Å². The number of carbonyl (C=O) groups is 2. The maximum Gasteiger partial charge on any atom is 0.349 e. The monoisotopic (exact) mass is 374 g/mol. The fraction of sp³-hybridized carbons (Fsp3) is 0.333. The first-order chi connectivity index (χ1) is 12.6. The molecule has 0 radical (unpaired) electrons. The number of ether oxygens (including phenoxy) is 1. The van der Waals surface area contributed by atoms with Gasteiger partial charge in [-0.1, -0.05) is 41.7 Å². The highest BCUT2D eigenvalue weighted by atomic mass is 32.1. The van der Waals surface area contributed by atoms with E-state index < -0.39 is 17.0 Å². The quantitative estimate of drug-likeness (QED) is 0.453. The van der Waals surface area contributed by atoms with E-state index in [4.69, 9.17) is 4.74 Å². The van der Waals surface area contributed by atoms with E-state index in [1.54, 1.807) is 29.2 Å². The molecule has 1 aromatic heterocycles. The van der Waals surface area contributed by atoms with Crippen molar-refractivity contribution in [2.24, 2.45) is 0 Å². The number of likely N-dealkylation sites (tertiary alicyclic amines) is 1. The van der Waals surface area contributed by atoms with Crippen LogP contribution in [0, 0.1) is 10.1 Å². The van der Waals surface area contributed by atoms with Crippen LogP contribution in [0.2, 0.25) is 0 Å². The lowest BCUT2D eigenvalue weighted by Crippen LogP contribution is -2.40. The van der Waals surface area contributed by atoms with Crippen molar-refractivity contribution in [3.63, 3.8) is 0 Å². The molecule has 1 saturated heterocycles. The number of piperidine rings is 1. The predicted octanol–water partition coefficient (Wildman–Crippen LogP) is 3.57. The highest BCUT2D eigenvalue weighted by Gasteiger charge is 2.31. The fourth-order valence-corrected chi connectivity index (χ4v) is 3.57. The Morgan fingerprint density at radius 3 is 2.38 bits per heavy atom. The van der Waals surface area contributed by atoms with Crippen LogP contribution in [0.5, 0.6) is 0 Å². The number of nitrogens with zero attached hydrogens (tertiary/aromatic N) is 2. The second-order valence-corrected chi connectivity index (χ2v) is 7.04. The summed E-state index contributed by atoms with van der Waals surface area (Å²) >= 11 is 0.735. The minimum absolute atomic E-state index is 0.101. The number of hydrogen-bond donors (Lipinski definition) is 0. The summed E-state index contributed by atoms with van der Waals surface area (Å²) in [6.45, 7) is 1.29. The third-order valence-corrected chi connectivity index (χ3v) is 5.21. The van der Waals surface area contributed by atoms with Gasteiger partial charge in [0.1, 0.15) is 4.88 Å². The van der Waals surface area contributed by atoms with Crippen LogP contribution in [-0.4, -0.2) is 34.8 Å². The Labute approximate surface area is 154 Å². The molecule has 0 spiro atoms.